The van der Waals surface area contributed by atoms with E-state index in [0.29, 0.717) is 0 Å². The first kappa shape index (κ1) is 12.5. The van der Waals surface area contributed by atoms with Crippen molar-refractivity contribution in [3.8, 4) is 0 Å². The number of thioether (sulfide) groups is 1. The van der Waals surface area contributed by atoms with Crippen molar-refractivity contribution < 1.29 is 4.79 Å². The molecule has 1 heterocycles. The molecule has 0 fully saturated rings. The van der Waals surface area contributed by atoms with Crippen LogP contribution in [0.3, 0.4) is 0 Å². The highest BCUT2D eigenvalue weighted by atomic mass is 32.2. The SMILES string of the molecule is CNC(C)C(=O)NC1CCSc2ccccc21. The standard InChI is InChI=1S/C13H18N2OS/c1-9(14-2)13(16)15-11-7-8-17-12-6-4-3-5-10(11)12/h3-6,9,11,14H,7-8H2,1-2H3,(H,15,16). The fourth-order valence-electron chi connectivity index (χ4n) is 1.92. The zero-order valence-electron chi connectivity index (χ0n) is 10.2. The van der Waals surface area contributed by atoms with E-state index in [9.17, 15) is 4.79 Å². The molecule has 1 aromatic rings. The number of nitrogens with one attached hydrogen (secondary N) is 2. The number of rotatable bonds is 3. The van der Waals surface area contributed by atoms with E-state index in [1.807, 2.05) is 30.8 Å². The first-order valence-electron chi connectivity index (χ1n) is 5.91. The maximum Gasteiger partial charge on any atom is 0.237 e. The van der Waals surface area contributed by atoms with Crippen molar-refractivity contribution in [2.45, 2.75) is 30.3 Å². The van der Waals surface area contributed by atoms with Gasteiger partial charge in [0.1, 0.15) is 0 Å². The van der Waals surface area contributed by atoms with Gasteiger partial charge in [-0.3, -0.25) is 4.79 Å². The maximum absolute atomic E-state index is 11.9. The minimum absolute atomic E-state index is 0.0687. The Balaban J connectivity index is 2.11. The van der Waals surface area contributed by atoms with E-state index in [-0.39, 0.29) is 18.0 Å². The van der Waals surface area contributed by atoms with Crippen LogP contribution in [0.2, 0.25) is 0 Å². The number of hydrogen-bond acceptors (Lipinski definition) is 3. The molecule has 92 valence electrons. The molecular weight excluding hydrogens is 232 g/mol. The number of benzene rings is 1. The average molecular weight is 250 g/mol. The Labute approximate surface area is 106 Å². The third-order valence-electron chi connectivity index (χ3n) is 3.10. The van der Waals surface area contributed by atoms with Crippen LogP contribution in [0.5, 0.6) is 0 Å². The van der Waals surface area contributed by atoms with Gasteiger partial charge in [-0.25, -0.2) is 0 Å². The zero-order valence-corrected chi connectivity index (χ0v) is 11.0. The van der Waals surface area contributed by atoms with Crippen molar-refractivity contribution in [1.29, 1.82) is 0 Å². The molecule has 0 aromatic heterocycles. The van der Waals surface area contributed by atoms with Crippen molar-refractivity contribution >= 4 is 17.7 Å². The molecule has 0 saturated carbocycles. The lowest BCUT2D eigenvalue weighted by Crippen LogP contribution is -2.42. The number of amides is 1. The lowest BCUT2D eigenvalue weighted by atomic mass is 10.0. The molecule has 2 atom stereocenters. The number of carbonyl (C=O) groups excluding carboxylic acids is 1. The molecule has 1 amide bonds. The van der Waals surface area contributed by atoms with Crippen molar-refractivity contribution in [1.82, 2.24) is 10.6 Å². The van der Waals surface area contributed by atoms with Crippen LogP contribution in [0.4, 0.5) is 0 Å². The highest BCUT2D eigenvalue weighted by Gasteiger charge is 2.23. The summed E-state index contributed by atoms with van der Waals surface area (Å²) in [5.41, 5.74) is 1.25. The molecule has 2 unspecified atom stereocenters. The monoisotopic (exact) mass is 250 g/mol. The van der Waals surface area contributed by atoms with Gasteiger partial charge in [0.25, 0.3) is 0 Å². The van der Waals surface area contributed by atoms with Crippen LogP contribution in [0.25, 0.3) is 0 Å². The molecule has 1 aliphatic heterocycles. The topological polar surface area (TPSA) is 41.1 Å². The van der Waals surface area contributed by atoms with Gasteiger partial charge in [0, 0.05) is 10.6 Å². The fourth-order valence-corrected chi connectivity index (χ4v) is 3.05. The lowest BCUT2D eigenvalue weighted by molar-refractivity contribution is -0.123. The van der Waals surface area contributed by atoms with Gasteiger partial charge in [-0.1, -0.05) is 18.2 Å². The molecule has 1 aliphatic rings. The first-order chi connectivity index (χ1) is 8.22. The summed E-state index contributed by atoms with van der Waals surface area (Å²) in [6.45, 7) is 1.87. The van der Waals surface area contributed by atoms with Crippen LogP contribution in [0.1, 0.15) is 24.9 Å². The molecule has 0 aliphatic carbocycles. The number of hydrogen-bond donors (Lipinski definition) is 2. The Morgan fingerprint density at radius 1 is 1.47 bits per heavy atom. The first-order valence-corrected chi connectivity index (χ1v) is 6.90. The van der Waals surface area contributed by atoms with Crippen LogP contribution in [0.15, 0.2) is 29.2 Å². The quantitative estimate of drug-likeness (QED) is 0.861. The van der Waals surface area contributed by atoms with E-state index >= 15 is 0 Å². The predicted octanol–water partition coefficient (Wildman–Crippen LogP) is 1.95. The third kappa shape index (κ3) is 2.82. The Bertz CT molecular complexity index is 408. The second-order valence-corrected chi connectivity index (χ2v) is 5.38. The van der Waals surface area contributed by atoms with E-state index in [1.54, 1.807) is 7.05 Å². The van der Waals surface area contributed by atoms with Gasteiger partial charge in [-0.2, -0.15) is 0 Å². The van der Waals surface area contributed by atoms with Crippen LogP contribution in [-0.2, 0) is 4.79 Å². The summed E-state index contributed by atoms with van der Waals surface area (Å²) in [5, 5.41) is 6.07. The molecule has 2 N–H and O–H groups in total. The average Bonchev–Trinajstić information content (AvgIpc) is 2.38. The molecule has 17 heavy (non-hydrogen) atoms. The number of carbonyl (C=O) groups is 1. The summed E-state index contributed by atoms with van der Waals surface area (Å²) in [7, 11) is 1.80. The minimum Gasteiger partial charge on any atom is -0.348 e. The Morgan fingerprint density at radius 3 is 3.00 bits per heavy atom. The molecule has 0 spiro atoms. The van der Waals surface area contributed by atoms with Gasteiger partial charge < -0.3 is 10.6 Å². The van der Waals surface area contributed by atoms with Gasteiger partial charge in [0.2, 0.25) is 5.91 Å². The smallest absolute Gasteiger partial charge is 0.237 e. The maximum atomic E-state index is 11.9. The molecule has 0 saturated heterocycles. The molecule has 0 radical (unpaired) electrons. The fraction of sp³-hybridized carbons (Fsp3) is 0.462. The highest BCUT2D eigenvalue weighted by molar-refractivity contribution is 7.99. The predicted molar refractivity (Wildman–Crippen MR) is 71.2 cm³/mol. The van der Waals surface area contributed by atoms with Crippen molar-refractivity contribution in [2.75, 3.05) is 12.8 Å². The van der Waals surface area contributed by atoms with Crippen LogP contribution in [0, 0.1) is 0 Å². The van der Waals surface area contributed by atoms with E-state index in [4.69, 9.17) is 0 Å². The van der Waals surface area contributed by atoms with Gasteiger partial charge >= 0.3 is 0 Å². The molecule has 2 rings (SSSR count). The molecule has 3 nitrogen and oxygen atoms in total. The van der Waals surface area contributed by atoms with E-state index < -0.39 is 0 Å². The van der Waals surface area contributed by atoms with Gasteiger partial charge in [0.05, 0.1) is 12.1 Å². The largest absolute Gasteiger partial charge is 0.348 e. The van der Waals surface area contributed by atoms with Crippen molar-refractivity contribution in [2.24, 2.45) is 0 Å². The van der Waals surface area contributed by atoms with E-state index in [2.05, 4.69) is 22.8 Å². The Morgan fingerprint density at radius 2 is 2.24 bits per heavy atom. The summed E-state index contributed by atoms with van der Waals surface area (Å²) in [5.74, 6) is 1.13. The van der Waals surface area contributed by atoms with Crippen molar-refractivity contribution in [3.05, 3.63) is 29.8 Å². The molecule has 4 heteroatoms. The second kappa shape index (κ2) is 5.56. The number of fused-ring (bicyclic) bond motifs is 1. The van der Waals surface area contributed by atoms with Crippen molar-refractivity contribution in [3.63, 3.8) is 0 Å². The van der Waals surface area contributed by atoms with Gasteiger partial charge in [-0.05, 0) is 32.0 Å². The van der Waals surface area contributed by atoms with E-state index in [1.165, 1.54) is 10.5 Å². The molecule has 1 aromatic carbocycles. The summed E-state index contributed by atoms with van der Waals surface area (Å²) < 4.78 is 0. The Kier molecular flexibility index (Phi) is 4.07. The van der Waals surface area contributed by atoms with Gasteiger partial charge in [0.15, 0.2) is 0 Å². The van der Waals surface area contributed by atoms with E-state index in [0.717, 1.165) is 12.2 Å². The molecular formula is C13H18N2OS. The summed E-state index contributed by atoms with van der Waals surface area (Å²) in [4.78, 5) is 13.2. The number of likely N-dealkylation sites (N-methyl/N-ethyl adjacent to an activating group) is 1. The second-order valence-electron chi connectivity index (χ2n) is 4.25. The lowest BCUT2D eigenvalue weighted by Gasteiger charge is -2.27. The van der Waals surface area contributed by atoms with Crippen LogP contribution < -0.4 is 10.6 Å². The summed E-state index contributed by atoms with van der Waals surface area (Å²) in [6, 6.07) is 8.33. The zero-order chi connectivity index (χ0) is 12.3. The highest BCUT2D eigenvalue weighted by Crippen LogP contribution is 2.35. The van der Waals surface area contributed by atoms with Crippen LogP contribution in [-0.4, -0.2) is 24.7 Å². The minimum atomic E-state index is -0.142. The van der Waals surface area contributed by atoms with Gasteiger partial charge in [-0.15, -0.1) is 11.8 Å². The van der Waals surface area contributed by atoms with Crippen LogP contribution >= 0.6 is 11.8 Å². The summed E-state index contributed by atoms with van der Waals surface area (Å²) in [6.07, 6.45) is 1.00. The molecule has 0 bridgehead atoms. The normalized spacial score (nSPS) is 20.5. The Hall–Kier alpha value is -1.00. The summed E-state index contributed by atoms with van der Waals surface area (Å²) >= 11 is 1.87. The third-order valence-corrected chi connectivity index (χ3v) is 4.22.